The number of carbonyl (C=O) groups is 2. The standard InChI is InChI=1S/C21H21NO5S/c1-3-26-18-12-15(7-8-17(18)23)13-19-20(24)22(21(25)28-19)9-10-27-16-6-4-5-14(2)11-16/h4-8,11-13,23H,3,9-10H2,1-2H3/b19-13-. The van der Waals surface area contributed by atoms with Gasteiger partial charge in [0.25, 0.3) is 11.1 Å². The molecule has 0 atom stereocenters. The number of aromatic hydroxyl groups is 1. The van der Waals surface area contributed by atoms with Gasteiger partial charge in [-0.2, -0.15) is 0 Å². The monoisotopic (exact) mass is 399 g/mol. The van der Waals surface area contributed by atoms with Crippen molar-refractivity contribution in [3.63, 3.8) is 0 Å². The highest BCUT2D eigenvalue weighted by molar-refractivity contribution is 8.18. The van der Waals surface area contributed by atoms with Crippen LogP contribution in [0.3, 0.4) is 0 Å². The van der Waals surface area contributed by atoms with Crippen molar-refractivity contribution in [2.75, 3.05) is 19.8 Å². The molecule has 0 saturated carbocycles. The van der Waals surface area contributed by atoms with Crippen LogP contribution < -0.4 is 9.47 Å². The number of rotatable bonds is 7. The fourth-order valence-corrected chi connectivity index (χ4v) is 3.56. The van der Waals surface area contributed by atoms with Crippen molar-refractivity contribution in [3.8, 4) is 17.2 Å². The van der Waals surface area contributed by atoms with Gasteiger partial charge in [0.2, 0.25) is 0 Å². The van der Waals surface area contributed by atoms with Crippen molar-refractivity contribution in [2.24, 2.45) is 0 Å². The van der Waals surface area contributed by atoms with Gasteiger partial charge in [-0.1, -0.05) is 18.2 Å². The van der Waals surface area contributed by atoms with Crippen molar-refractivity contribution in [2.45, 2.75) is 13.8 Å². The summed E-state index contributed by atoms with van der Waals surface area (Å²) in [6, 6.07) is 12.4. The van der Waals surface area contributed by atoms with Gasteiger partial charge >= 0.3 is 0 Å². The van der Waals surface area contributed by atoms with Gasteiger partial charge in [-0.15, -0.1) is 0 Å². The van der Waals surface area contributed by atoms with E-state index in [2.05, 4.69) is 0 Å². The van der Waals surface area contributed by atoms with Crippen molar-refractivity contribution in [1.29, 1.82) is 0 Å². The molecule has 2 amide bonds. The molecule has 1 N–H and O–H groups in total. The molecule has 1 aliphatic heterocycles. The number of phenolic OH excluding ortho intramolecular Hbond substituents is 1. The van der Waals surface area contributed by atoms with Gasteiger partial charge in [-0.25, -0.2) is 0 Å². The minimum Gasteiger partial charge on any atom is -0.504 e. The molecule has 0 unspecified atom stereocenters. The second-order valence-electron chi connectivity index (χ2n) is 6.16. The lowest BCUT2D eigenvalue weighted by Gasteiger charge is -2.13. The van der Waals surface area contributed by atoms with Gasteiger partial charge in [-0.3, -0.25) is 14.5 Å². The van der Waals surface area contributed by atoms with Gasteiger partial charge in [0.1, 0.15) is 12.4 Å². The molecule has 1 fully saturated rings. The molecular weight excluding hydrogens is 378 g/mol. The van der Waals surface area contributed by atoms with Gasteiger partial charge in [-0.05, 0) is 67.1 Å². The van der Waals surface area contributed by atoms with Gasteiger partial charge in [0.05, 0.1) is 18.1 Å². The lowest BCUT2D eigenvalue weighted by molar-refractivity contribution is -0.123. The number of amides is 2. The minimum atomic E-state index is -0.353. The van der Waals surface area contributed by atoms with E-state index in [1.165, 1.54) is 11.0 Å². The number of hydrogen-bond donors (Lipinski definition) is 1. The molecule has 1 heterocycles. The van der Waals surface area contributed by atoms with Crippen LogP contribution in [0.4, 0.5) is 4.79 Å². The van der Waals surface area contributed by atoms with Crippen molar-refractivity contribution in [1.82, 2.24) is 4.90 Å². The zero-order chi connectivity index (χ0) is 20.1. The van der Waals surface area contributed by atoms with Crippen LogP contribution in [0.5, 0.6) is 17.2 Å². The van der Waals surface area contributed by atoms with Crippen LogP contribution in [0.25, 0.3) is 6.08 Å². The number of phenols is 1. The van der Waals surface area contributed by atoms with E-state index in [0.29, 0.717) is 28.6 Å². The lowest BCUT2D eigenvalue weighted by atomic mass is 10.2. The van der Waals surface area contributed by atoms with Crippen LogP contribution in [0, 0.1) is 6.92 Å². The second kappa shape index (κ2) is 8.84. The summed E-state index contributed by atoms with van der Waals surface area (Å²) in [6.45, 7) is 4.59. The normalized spacial score (nSPS) is 15.4. The van der Waals surface area contributed by atoms with Gasteiger partial charge < -0.3 is 14.6 Å². The molecule has 7 heteroatoms. The number of ether oxygens (including phenoxy) is 2. The summed E-state index contributed by atoms with van der Waals surface area (Å²) >= 11 is 0.888. The molecule has 28 heavy (non-hydrogen) atoms. The van der Waals surface area contributed by atoms with E-state index < -0.39 is 0 Å². The molecule has 2 aromatic carbocycles. The molecule has 146 valence electrons. The molecule has 2 aromatic rings. The highest BCUT2D eigenvalue weighted by atomic mass is 32.2. The zero-order valence-corrected chi connectivity index (χ0v) is 16.5. The molecule has 6 nitrogen and oxygen atoms in total. The molecule has 0 spiro atoms. The Kier molecular flexibility index (Phi) is 6.26. The molecule has 1 saturated heterocycles. The highest BCUT2D eigenvalue weighted by Crippen LogP contribution is 2.34. The second-order valence-corrected chi connectivity index (χ2v) is 7.15. The van der Waals surface area contributed by atoms with Crippen LogP contribution in [0.2, 0.25) is 0 Å². The Morgan fingerprint density at radius 3 is 2.71 bits per heavy atom. The number of carbonyl (C=O) groups excluding carboxylic acids is 2. The first-order valence-electron chi connectivity index (χ1n) is 8.88. The lowest BCUT2D eigenvalue weighted by Crippen LogP contribution is -2.32. The quantitative estimate of drug-likeness (QED) is 0.703. The number of aryl methyl sites for hydroxylation is 1. The average molecular weight is 399 g/mol. The Morgan fingerprint density at radius 2 is 1.96 bits per heavy atom. The molecule has 0 radical (unpaired) electrons. The Hall–Kier alpha value is -2.93. The third kappa shape index (κ3) is 4.67. The minimum absolute atomic E-state index is 0.0281. The van der Waals surface area contributed by atoms with Crippen molar-refractivity contribution < 1.29 is 24.2 Å². The van der Waals surface area contributed by atoms with E-state index in [-0.39, 0.29) is 30.0 Å². The fourth-order valence-electron chi connectivity index (χ4n) is 2.70. The molecule has 1 aliphatic rings. The van der Waals surface area contributed by atoms with Crippen molar-refractivity contribution >= 4 is 29.0 Å². The highest BCUT2D eigenvalue weighted by Gasteiger charge is 2.34. The third-order valence-corrected chi connectivity index (χ3v) is 4.94. The summed E-state index contributed by atoms with van der Waals surface area (Å²) in [5.41, 5.74) is 1.75. The molecule has 0 bridgehead atoms. The van der Waals surface area contributed by atoms with E-state index >= 15 is 0 Å². The SMILES string of the molecule is CCOc1cc(/C=C2\SC(=O)N(CCOc3cccc(C)c3)C2=O)ccc1O. The summed E-state index contributed by atoms with van der Waals surface area (Å²) < 4.78 is 11.0. The van der Waals surface area contributed by atoms with Crippen LogP contribution in [-0.2, 0) is 4.79 Å². The Morgan fingerprint density at radius 1 is 1.14 bits per heavy atom. The van der Waals surface area contributed by atoms with E-state index in [1.807, 2.05) is 38.1 Å². The van der Waals surface area contributed by atoms with Crippen LogP contribution in [0.15, 0.2) is 47.4 Å². The first kappa shape index (κ1) is 19.8. The Bertz CT molecular complexity index is 925. The van der Waals surface area contributed by atoms with Crippen molar-refractivity contribution in [3.05, 3.63) is 58.5 Å². The first-order valence-corrected chi connectivity index (χ1v) is 9.70. The number of nitrogens with zero attached hydrogens (tertiary/aromatic N) is 1. The Labute approximate surface area is 167 Å². The summed E-state index contributed by atoms with van der Waals surface area (Å²) in [5, 5.41) is 9.45. The van der Waals surface area contributed by atoms with E-state index in [0.717, 1.165) is 17.3 Å². The predicted molar refractivity (Wildman–Crippen MR) is 109 cm³/mol. The number of imide groups is 1. The Balaban J connectivity index is 1.66. The molecule has 0 aromatic heterocycles. The van der Waals surface area contributed by atoms with E-state index in [1.54, 1.807) is 18.2 Å². The maximum absolute atomic E-state index is 12.6. The fraction of sp³-hybridized carbons (Fsp3) is 0.238. The summed E-state index contributed by atoms with van der Waals surface area (Å²) in [5.74, 6) is 0.714. The van der Waals surface area contributed by atoms with Crippen LogP contribution in [0.1, 0.15) is 18.1 Å². The molecule has 3 rings (SSSR count). The van der Waals surface area contributed by atoms with Crippen LogP contribution in [-0.4, -0.2) is 40.9 Å². The average Bonchev–Trinajstić information content (AvgIpc) is 2.92. The van der Waals surface area contributed by atoms with E-state index in [9.17, 15) is 14.7 Å². The summed E-state index contributed by atoms with van der Waals surface area (Å²) in [6.07, 6.45) is 1.62. The molecule has 0 aliphatic carbocycles. The summed E-state index contributed by atoms with van der Waals surface area (Å²) in [7, 11) is 0. The van der Waals surface area contributed by atoms with E-state index in [4.69, 9.17) is 9.47 Å². The smallest absolute Gasteiger partial charge is 0.293 e. The van der Waals surface area contributed by atoms with Crippen LogP contribution >= 0.6 is 11.8 Å². The predicted octanol–water partition coefficient (Wildman–Crippen LogP) is 4.21. The maximum atomic E-state index is 12.6. The van der Waals surface area contributed by atoms with Gasteiger partial charge in [0, 0.05) is 0 Å². The first-order chi connectivity index (χ1) is 13.5. The third-order valence-electron chi connectivity index (χ3n) is 4.03. The number of thioether (sulfide) groups is 1. The largest absolute Gasteiger partial charge is 0.504 e. The number of benzene rings is 2. The molecular formula is C21H21NO5S. The van der Waals surface area contributed by atoms with Gasteiger partial charge in [0.15, 0.2) is 11.5 Å². The maximum Gasteiger partial charge on any atom is 0.293 e. The zero-order valence-electron chi connectivity index (χ0n) is 15.7. The summed E-state index contributed by atoms with van der Waals surface area (Å²) in [4.78, 5) is 26.3. The topological polar surface area (TPSA) is 76.1 Å². The number of hydrogen-bond acceptors (Lipinski definition) is 6.